The molecule has 1 aromatic rings. The summed E-state index contributed by atoms with van der Waals surface area (Å²) in [6.07, 6.45) is 3.67. The Kier molecular flexibility index (Phi) is 5.58. The van der Waals surface area contributed by atoms with Gasteiger partial charge in [-0.1, -0.05) is 0 Å². The van der Waals surface area contributed by atoms with Crippen LogP contribution in [0.5, 0.6) is 0 Å². The fraction of sp³-hybridized carbons (Fsp3) is 0.625. The fourth-order valence-corrected chi connectivity index (χ4v) is 3.08. The highest BCUT2D eigenvalue weighted by Gasteiger charge is 2.33. The van der Waals surface area contributed by atoms with Gasteiger partial charge in [0.15, 0.2) is 0 Å². The number of carbonyl (C=O) groups is 1. The summed E-state index contributed by atoms with van der Waals surface area (Å²) in [5, 5.41) is 3.01. The molecule has 1 fully saturated rings. The van der Waals surface area contributed by atoms with Gasteiger partial charge in [0.25, 0.3) is 5.91 Å². The van der Waals surface area contributed by atoms with Gasteiger partial charge in [0, 0.05) is 42.0 Å². The number of hydrogen-bond acceptors (Lipinski definition) is 4. The second-order valence-electron chi connectivity index (χ2n) is 6.55. The normalized spacial score (nSPS) is 23.3. The lowest BCUT2D eigenvalue weighted by Crippen LogP contribution is -2.58. The minimum Gasteiger partial charge on any atom is -0.373 e. The van der Waals surface area contributed by atoms with Crippen LogP contribution in [-0.4, -0.2) is 53.2 Å². The average molecular weight is 370 g/mol. The van der Waals surface area contributed by atoms with E-state index < -0.39 is 0 Å². The first kappa shape index (κ1) is 17.4. The maximum atomic E-state index is 12.2. The smallest absolute Gasteiger partial charge is 0.252 e. The maximum absolute atomic E-state index is 12.2. The number of aromatic nitrogens is 1. The number of pyridine rings is 1. The van der Waals surface area contributed by atoms with Gasteiger partial charge in [0.1, 0.15) is 0 Å². The lowest BCUT2D eigenvalue weighted by molar-refractivity contribution is -0.0948. The number of ether oxygens (including phenoxy) is 1. The van der Waals surface area contributed by atoms with Crippen LogP contribution in [0.2, 0.25) is 0 Å². The molecule has 0 aliphatic carbocycles. The SMILES string of the molecule is C[C@@H]1CN(C(C)(C)CNC(=O)c2cncc(Br)c2)C[C@@H](C)O1. The van der Waals surface area contributed by atoms with E-state index in [4.69, 9.17) is 4.74 Å². The molecular weight excluding hydrogens is 346 g/mol. The van der Waals surface area contributed by atoms with Gasteiger partial charge in [-0.15, -0.1) is 0 Å². The molecule has 2 atom stereocenters. The van der Waals surface area contributed by atoms with E-state index >= 15 is 0 Å². The van der Waals surface area contributed by atoms with Crippen molar-refractivity contribution in [2.45, 2.75) is 45.4 Å². The van der Waals surface area contributed by atoms with Crippen molar-refractivity contribution in [2.24, 2.45) is 0 Å². The lowest BCUT2D eigenvalue weighted by Gasteiger charge is -2.45. The number of rotatable bonds is 4. The van der Waals surface area contributed by atoms with E-state index in [0.29, 0.717) is 12.1 Å². The van der Waals surface area contributed by atoms with E-state index in [1.807, 2.05) is 0 Å². The van der Waals surface area contributed by atoms with Gasteiger partial charge in [0.2, 0.25) is 0 Å². The summed E-state index contributed by atoms with van der Waals surface area (Å²) in [5.74, 6) is -0.101. The number of morpholine rings is 1. The second kappa shape index (κ2) is 7.06. The minimum atomic E-state index is -0.124. The van der Waals surface area contributed by atoms with E-state index in [0.717, 1.165) is 17.6 Å². The summed E-state index contributed by atoms with van der Waals surface area (Å²) in [4.78, 5) is 18.6. The van der Waals surface area contributed by atoms with E-state index in [2.05, 4.69) is 58.8 Å². The number of nitrogens with one attached hydrogen (secondary N) is 1. The first-order valence-electron chi connectivity index (χ1n) is 7.57. The highest BCUT2D eigenvalue weighted by molar-refractivity contribution is 9.10. The van der Waals surface area contributed by atoms with E-state index in [-0.39, 0.29) is 23.7 Å². The molecule has 5 nitrogen and oxygen atoms in total. The van der Waals surface area contributed by atoms with Crippen LogP contribution in [0, 0.1) is 0 Å². The number of hydrogen-bond donors (Lipinski definition) is 1. The molecule has 22 heavy (non-hydrogen) atoms. The summed E-state index contributed by atoms with van der Waals surface area (Å²) in [6.45, 7) is 10.8. The van der Waals surface area contributed by atoms with Gasteiger partial charge in [0.05, 0.1) is 17.8 Å². The Hall–Kier alpha value is -0.980. The third-order valence-corrected chi connectivity index (χ3v) is 4.36. The topological polar surface area (TPSA) is 54.5 Å². The van der Waals surface area contributed by atoms with Crippen LogP contribution < -0.4 is 5.32 Å². The van der Waals surface area contributed by atoms with Gasteiger partial charge >= 0.3 is 0 Å². The Balaban J connectivity index is 1.95. The highest BCUT2D eigenvalue weighted by Crippen LogP contribution is 2.20. The molecule has 0 radical (unpaired) electrons. The zero-order chi connectivity index (χ0) is 16.3. The van der Waals surface area contributed by atoms with Crippen molar-refractivity contribution in [1.82, 2.24) is 15.2 Å². The molecule has 2 rings (SSSR count). The lowest BCUT2D eigenvalue weighted by atomic mass is 10.00. The van der Waals surface area contributed by atoms with Crippen molar-refractivity contribution in [1.29, 1.82) is 0 Å². The molecule has 0 unspecified atom stereocenters. The van der Waals surface area contributed by atoms with Crippen LogP contribution in [0.4, 0.5) is 0 Å². The molecule has 6 heteroatoms. The van der Waals surface area contributed by atoms with Crippen LogP contribution in [0.15, 0.2) is 22.9 Å². The zero-order valence-corrected chi connectivity index (χ0v) is 15.2. The van der Waals surface area contributed by atoms with Crippen molar-refractivity contribution in [2.75, 3.05) is 19.6 Å². The number of amides is 1. The monoisotopic (exact) mass is 369 g/mol. The molecule has 1 aliphatic rings. The molecular formula is C16H24BrN3O2. The molecule has 1 saturated heterocycles. The standard InChI is InChI=1S/C16H24BrN3O2/c1-11-8-20(9-12(2)22-11)16(3,4)10-19-15(21)13-5-14(17)7-18-6-13/h5-7,11-12H,8-10H2,1-4H3,(H,19,21)/t11-,12-/m1/s1. The fourth-order valence-electron chi connectivity index (χ4n) is 2.72. The van der Waals surface area contributed by atoms with Crippen LogP contribution >= 0.6 is 15.9 Å². The molecule has 122 valence electrons. The average Bonchev–Trinajstić information content (AvgIpc) is 2.44. The Morgan fingerprint density at radius 2 is 2.05 bits per heavy atom. The van der Waals surface area contributed by atoms with Crippen molar-refractivity contribution < 1.29 is 9.53 Å². The summed E-state index contributed by atoms with van der Waals surface area (Å²) in [5.41, 5.74) is 0.440. The predicted octanol–water partition coefficient (Wildman–Crippen LogP) is 2.46. The van der Waals surface area contributed by atoms with E-state index in [9.17, 15) is 4.79 Å². The van der Waals surface area contributed by atoms with Gasteiger partial charge < -0.3 is 10.1 Å². The predicted molar refractivity (Wildman–Crippen MR) is 89.9 cm³/mol. The summed E-state index contributed by atoms with van der Waals surface area (Å²) < 4.78 is 6.58. The first-order chi connectivity index (χ1) is 10.3. The Bertz CT molecular complexity index is 526. The van der Waals surface area contributed by atoms with Crippen molar-refractivity contribution in [3.8, 4) is 0 Å². The maximum Gasteiger partial charge on any atom is 0.252 e. The summed E-state index contributed by atoms with van der Waals surface area (Å²) >= 11 is 3.33. The van der Waals surface area contributed by atoms with E-state index in [1.54, 1.807) is 18.5 Å². The molecule has 1 amide bonds. The molecule has 1 N–H and O–H groups in total. The molecule has 0 saturated carbocycles. The molecule has 0 spiro atoms. The third kappa shape index (κ3) is 4.51. The van der Waals surface area contributed by atoms with E-state index in [1.165, 1.54) is 0 Å². The van der Waals surface area contributed by atoms with Crippen molar-refractivity contribution >= 4 is 21.8 Å². The molecule has 1 aromatic heterocycles. The molecule has 2 heterocycles. The summed E-state index contributed by atoms with van der Waals surface area (Å²) in [6, 6.07) is 1.77. The van der Waals surface area contributed by atoms with Crippen molar-refractivity contribution in [3.63, 3.8) is 0 Å². The minimum absolute atomic E-state index is 0.101. The first-order valence-corrected chi connectivity index (χ1v) is 8.36. The van der Waals surface area contributed by atoms with Gasteiger partial charge in [-0.2, -0.15) is 0 Å². The van der Waals surface area contributed by atoms with Crippen molar-refractivity contribution in [3.05, 3.63) is 28.5 Å². The van der Waals surface area contributed by atoms with Crippen LogP contribution in [0.3, 0.4) is 0 Å². The zero-order valence-electron chi connectivity index (χ0n) is 13.6. The van der Waals surface area contributed by atoms with Gasteiger partial charge in [-0.25, -0.2) is 0 Å². The van der Waals surface area contributed by atoms with Crippen LogP contribution in [-0.2, 0) is 4.74 Å². The highest BCUT2D eigenvalue weighted by atomic mass is 79.9. The second-order valence-corrected chi connectivity index (χ2v) is 7.46. The Morgan fingerprint density at radius 3 is 2.64 bits per heavy atom. The number of nitrogens with zero attached hydrogens (tertiary/aromatic N) is 2. The van der Waals surface area contributed by atoms with Gasteiger partial charge in [-0.3, -0.25) is 14.7 Å². The third-order valence-electron chi connectivity index (χ3n) is 3.92. The quantitative estimate of drug-likeness (QED) is 0.885. The van der Waals surface area contributed by atoms with Crippen LogP contribution in [0.1, 0.15) is 38.1 Å². The van der Waals surface area contributed by atoms with Crippen LogP contribution in [0.25, 0.3) is 0 Å². The largest absolute Gasteiger partial charge is 0.373 e. The summed E-state index contributed by atoms with van der Waals surface area (Å²) in [7, 11) is 0. The number of carbonyl (C=O) groups excluding carboxylic acids is 1. The molecule has 0 bridgehead atoms. The van der Waals surface area contributed by atoms with Gasteiger partial charge in [-0.05, 0) is 49.7 Å². The Labute approximate surface area is 140 Å². The number of halogens is 1. The molecule has 1 aliphatic heterocycles. The Morgan fingerprint density at radius 1 is 1.41 bits per heavy atom. The molecule has 0 aromatic carbocycles.